The van der Waals surface area contributed by atoms with E-state index in [-0.39, 0.29) is 18.3 Å². The van der Waals surface area contributed by atoms with Crippen LogP contribution in [-0.2, 0) is 27.3 Å². The molecule has 0 fully saturated rings. The van der Waals surface area contributed by atoms with Gasteiger partial charge < -0.3 is 9.64 Å². The molecule has 116 valence electrons. The van der Waals surface area contributed by atoms with Crippen molar-refractivity contribution in [3.05, 3.63) is 35.4 Å². The molecule has 0 saturated carbocycles. The zero-order chi connectivity index (χ0) is 15.5. The van der Waals surface area contributed by atoms with Crippen LogP contribution in [0, 0.1) is 5.92 Å². The van der Waals surface area contributed by atoms with Crippen molar-refractivity contribution in [2.24, 2.45) is 10.9 Å². The van der Waals surface area contributed by atoms with E-state index < -0.39 is 5.92 Å². The molecule has 1 amide bonds. The van der Waals surface area contributed by atoms with E-state index in [1.807, 2.05) is 12.1 Å². The van der Waals surface area contributed by atoms with Crippen molar-refractivity contribution >= 4 is 17.8 Å². The van der Waals surface area contributed by atoms with Gasteiger partial charge in [-0.3, -0.25) is 19.9 Å². The van der Waals surface area contributed by atoms with Crippen molar-refractivity contribution in [2.75, 3.05) is 20.2 Å². The number of benzene rings is 1. The van der Waals surface area contributed by atoms with Crippen LogP contribution in [0.15, 0.2) is 29.3 Å². The van der Waals surface area contributed by atoms with Crippen molar-refractivity contribution in [1.29, 1.82) is 0 Å². The maximum absolute atomic E-state index is 12.1. The lowest BCUT2D eigenvalue weighted by Crippen LogP contribution is -2.51. The fourth-order valence-electron chi connectivity index (χ4n) is 2.83. The second-order valence-corrected chi connectivity index (χ2v) is 5.57. The highest BCUT2D eigenvalue weighted by Crippen LogP contribution is 2.20. The Morgan fingerprint density at radius 3 is 2.91 bits per heavy atom. The summed E-state index contributed by atoms with van der Waals surface area (Å²) in [5.74, 6) is -0.367. The van der Waals surface area contributed by atoms with Crippen molar-refractivity contribution in [3.8, 4) is 0 Å². The first-order chi connectivity index (χ1) is 10.7. The number of ether oxygens (including phenoxy) is 1. The number of carbonyl (C=O) groups excluding carboxylic acids is 2. The Morgan fingerprint density at radius 2 is 2.18 bits per heavy atom. The summed E-state index contributed by atoms with van der Waals surface area (Å²) in [7, 11) is 1.32. The summed E-state index contributed by atoms with van der Waals surface area (Å²) in [6, 6.07) is 8.31. The van der Waals surface area contributed by atoms with Gasteiger partial charge in [-0.05, 0) is 17.5 Å². The first-order valence-electron chi connectivity index (χ1n) is 7.41. The third-order valence-electron chi connectivity index (χ3n) is 4.14. The van der Waals surface area contributed by atoms with Crippen LogP contribution in [0.3, 0.4) is 0 Å². The number of guanidine groups is 1. The minimum Gasteiger partial charge on any atom is -0.469 e. The van der Waals surface area contributed by atoms with E-state index in [2.05, 4.69) is 32.1 Å². The minimum atomic E-state index is -0.437. The molecule has 0 saturated heterocycles. The molecule has 1 unspecified atom stereocenters. The molecular formula is C16H19N3O3. The Balaban J connectivity index is 1.67. The SMILES string of the molecule is COC(=O)CC1CN=C(N2CCc3ccccc3C2)NC1=O. The summed E-state index contributed by atoms with van der Waals surface area (Å²) >= 11 is 0. The quantitative estimate of drug-likeness (QED) is 0.817. The predicted molar refractivity (Wildman–Crippen MR) is 81.1 cm³/mol. The molecule has 0 spiro atoms. The highest BCUT2D eigenvalue weighted by atomic mass is 16.5. The van der Waals surface area contributed by atoms with Crippen molar-refractivity contribution in [3.63, 3.8) is 0 Å². The van der Waals surface area contributed by atoms with E-state index in [1.165, 1.54) is 18.2 Å². The Bertz CT molecular complexity index is 627. The normalized spacial score (nSPS) is 20.8. The van der Waals surface area contributed by atoms with Gasteiger partial charge in [-0.2, -0.15) is 0 Å². The number of esters is 1. The summed E-state index contributed by atoms with van der Waals surface area (Å²) in [6.07, 6.45) is 1.01. The van der Waals surface area contributed by atoms with Crippen LogP contribution >= 0.6 is 0 Å². The standard InChI is InChI=1S/C16H19N3O3/c1-22-14(20)8-13-9-17-16(18-15(13)21)19-7-6-11-4-2-3-5-12(11)10-19/h2-5,13H,6-10H2,1H3,(H,17,18,21). The molecule has 1 aromatic carbocycles. The number of rotatable bonds is 2. The molecule has 0 aromatic heterocycles. The molecule has 2 heterocycles. The molecule has 6 heteroatoms. The van der Waals surface area contributed by atoms with E-state index in [4.69, 9.17) is 0 Å². The zero-order valence-electron chi connectivity index (χ0n) is 12.5. The molecule has 0 aliphatic carbocycles. The van der Waals surface area contributed by atoms with E-state index >= 15 is 0 Å². The summed E-state index contributed by atoms with van der Waals surface area (Å²) in [5, 5.41) is 2.83. The highest BCUT2D eigenvalue weighted by molar-refractivity contribution is 6.01. The molecule has 3 rings (SSSR count). The number of hydrogen-bond acceptors (Lipinski definition) is 5. The summed E-state index contributed by atoms with van der Waals surface area (Å²) in [4.78, 5) is 29.9. The lowest BCUT2D eigenvalue weighted by molar-refractivity contribution is -0.144. The number of nitrogens with zero attached hydrogens (tertiary/aromatic N) is 2. The first kappa shape index (κ1) is 14.6. The van der Waals surface area contributed by atoms with Crippen molar-refractivity contribution in [2.45, 2.75) is 19.4 Å². The van der Waals surface area contributed by atoms with E-state index in [1.54, 1.807) is 0 Å². The minimum absolute atomic E-state index is 0.0714. The Hall–Kier alpha value is -2.37. The molecule has 22 heavy (non-hydrogen) atoms. The van der Waals surface area contributed by atoms with Gasteiger partial charge in [0.2, 0.25) is 11.9 Å². The Kier molecular flexibility index (Phi) is 4.09. The number of fused-ring (bicyclic) bond motifs is 1. The van der Waals surface area contributed by atoms with Gasteiger partial charge in [0.15, 0.2) is 0 Å². The molecule has 1 atom stereocenters. The fraction of sp³-hybridized carbons (Fsp3) is 0.438. The largest absolute Gasteiger partial charge is 0.469 e. The van der Waals surface area contributed by atoms with Gasteiger partial charge in [-0.15, -0.1) is 0 Å². The fourth-order valence-corrected chi connectivity index (χ4v) is 2.83. The number of amides is 1. The van der Waals surface area contributed by atoms with Crippen molar-refractivity contribution in [1.82, 2.24) is 10.2 Å². The Morgan fingerprint density at radius 1 is 1.41 bits per heavy atom. The average molecular weight is 301 g/mol. The van der Waals surface area contributed by atoms with Crippen LogP contribution in [0.2, 0.25) is 0 Å². The lowest BCUT2D eigenvalue weighted by Gasteiger charge is -2.33. The van der Waals surface area contributed by atoms with E-state index in [0.717, 1.165) is 19.5 Å². The average Bonchev–Trinajstić information content (AvgIpc) is 2.56. The van der Waals surface area contributed by atoms with E-state index in [9.17, 15) is 9.59 Å². The van der Waals surface area contributed by atoms with Crippen LogP contribution in [-0.4, -0.2) is 42.9 Å². The van der Waals surface area contributed by atoms with Gasteiger partial charge in [0, 0.05) is 13.1 Å². The van der Waals surface area contributed by atoms with Crippen molar-refractivity contribution < 1.29 is 14.3 Å². The summed E-state index contributed by atoms with van der Waals surface area (Å²) in [5.41, 5.74) is 2.62. The molecule has 1 aromatic rings. The third kappa shape index (κ3) is 2.95. The molecule has 1 N–H and O–H groups in total. The number of methoxy groups -OCH3 is 1. The van der Waals surface area contributed by atoms with Crippen LogP contribution in [0.5, 0.6) is 0 Å². The molecule has 2 aliphatic rings. The number of nitrogens with one attached hydrogen (secondary N) is 1. The first-order valence-corrected chi connectivity index (χ1v) is 7.41. The van der Waals surface area contributed by atoms with Gasteiger partial charge >= 0.3 is 5.97 Å². The van der Waals surface area contributed by atoms with Gasteiger partial charge in [-0.1, -0.05) is 24.3 Å². The number of aliphatic imine (C=N–C) groups is 1. The predicted octanol–water partition coefficient (Wildman–Crippen LogP) is 0.710. The second-order valence-electron chi connectivity index (χ2n) is 5.57. The smallest absolute Gasteiger partial charge is 0.306 e. The van der Waals surface area contributed by atoms with Gasteiger partial charge in [0.1, 0.15) is 0 Å². The zero-order valence-corrected chi connectivity index (χ0v) is 12.5. The Labute approximate surface area is 129 Å². The van der Waals surface area contributed by atoms with Crippen LogP contribution in [0.1, 0.15) is 17.5 Å². The van der Waals surface area contributed by atoms with Crippen LogP contribution < -0.4 is 5.32 Å². The number of hydrogen-bond donors (Lipinski definition) is 1. The highest BCUT2D eigenvalue weighted by Gasteiger charge is 2.29. The van der Waals surface area contributed by atoms with Gasteiger partial charge in [-0.25, -0.2) is 0 Å². The monoisotopic (exact) mass is 301 g/mol. The summed E-state index contributed by atoms with van der Waals surface area (Å²) < 4.78 is 4.61. The molecular weight excluding hydrogens is 282 g/mol. The summed E-state index contributed by atoms with van der Waals surface area (Å²) in [6.45, 7) is 1.91. The molecule has 2 aliphatic heterocycles. The second kappa shape index (κ2) is 6.17. The van der Waals surface area contributed by atoms with E-state index in [0.29, 0.717) is 12.5 Å². The maximum atomic E-state index is 12.1. The third-order valence-corrected chi connectivity index (χ3v) is 4.14. The molecule has 0 bridgehead atoms. The van der Waals surface area contributed by atoms with Crippen LogP contribution in [0.4, 0.5) is 0 Å². The maximum Gasteiger partial charge on any atom is 0.306 e. The van der Waals surface area contributed by atoms with Gasteiger partial charge in [0.05, 0.1) is 26.0 Å². The lowest BCUT2D eigenvalue weighted by atomic mass is 10.00. The van der Waals surface area contributed by atoms with Gasteiger partial charge in [0.25, 0.3) is 0 Å². The topological polar surface area (TPSA) is 71.0 Å². The molecule has 6 nitrogen and oxygen atoms in total. The van der Waals surface area contributed by atoms with Crippen LogP contribution in [0.25, 0.3) is 0 Å². The number of carbonyl (C=O) groups is 2. The molecule has 0 radical (unpaired) electrons.